The molecule has 0 bridgehead atoms. The van der Waals surface area contributed by atoms with E-state index in [0.717, 1.165) is 42.5 Å². The maximum atomic E-state index is 12.6. The molecule has 1 fully saturated rings. The van der Waals surface area contributed by atoms with Crippen LogP contribution in [0.5, 0.6) is 0 Å². The van der Waals surface area contributed by atoms with Crippen molar-refractivity contribution in [1.29, 1.82) is 0 Å². The van der Waals surface area contributed by atoms with Gasteiger partial charge in [-0.25, -0.2) is 0 Å². The van der Waals surface area contributed by atoms with Gasteiger partial charge in [-0.2, -0.15) is 5.10 Å². The third kappa shape index (κ3) is 5.80. The van der Waals surface area contributed by atoms with E-state index < -0.39 is 0 Å². The third-order valence-electron chi connectivity index (χ3n) is 6.81. The average Bonchev–Trinajstić information content (AvgIpc) is 3.64. The molecular formula is C28H36ClN3O3. The SMILES string of the molecule is CCn1nc(C)c(Cl)c1/C(OCOC(=O)C1CCCCC1)=C(/c1ccc(C(C)(C)C)cc1)C1C=N1. The average molecular weight is 498 g/mol. The number of halogens is 1. The zero-order valence-electron chi connectivity index (χ0n) is 21.4. The van der Waals surface area contributed by atoms with E-state index in [0.29, 0.717) is 23.0 Å². The molecule has 1 aliphatic carbocycles. The summed E-state index contributed by atoms with van der Waals surface area (Å²) in [5, 5.41) is 5.12. The minimum atomic E-state index is -0.186. The lowest BCUT2D eigenvalue weighted by molar-refractivity contribution is -0.157. The smallest absolute Gasteiger partial charge is 0.311 e. The summed E-state index contributed by atoms with van der Waals surface area (Å²) in [5.74, 6) is 0.331. The van der Waals surface area contributed by atoms with Crippen molar-refractivity contribution in [2.75, 3.05) is 6.79 Å². The summed E-state index contributed by atoms with van der Waals surface area (Å²) in [6, 6.07) is 8.37. The summed E-state index contributed by atoms with van der Waals surface area (Å²) >= 11 is 6.75. The van der Waals surface area contributed by atoms with Gasteiger partial charge in [0.1, 0.15) is 11.7 Å². The molecule has 0 saturated heterocycles. The second-order valence-corrected chi connectivity index (χ2v) is 10.8. The first-order chi connectivity index (χ1) is 16.7. The van der Waals surface area contributed by atoms with Crippen LogP contribution in [-0.2, 0) is 26.2 Å². The van der Waals surface area contributed by atoms with E-state index in [-0.39, 0.29) is 30.1 Å². The minimum absolute atomic E-state index is 0.0389. The Labute approximate surface area is 213 Å². The molecule has 188 valence electrons. The summed E-state index contributed by atoms with van der Waals surface area (Å²) in [6.07, 6.45) is 6.99. The number of nitrogens with zero attached hydrogens (tertiary/aromatic N) is 3. The summed E-state index contributed by atoms with van der Waals surface area (Å²) < 4.78 is 13.7. The normalized spacial score (nSPS) is 18.9. The largest absolute Gasteiger partial charge is 0.455 e. The van der Waals surface area contributed by atoms with E-state index in [1.54, 1.807) is 0 Å². The standard InChI is InChI=1S/C28H36ClN3O3/c1-6-32-25(24(29)18(2)31-32)26(34-17-35-27(33)20-10-8-7-9-11-20)23(22-16-30-22)19-12-14-21(15-13-19)28(3,4)5/h12-16,20,22H,6-11,17H2,1-5H3/b26-23+. The van der Waals surface area contributed by atoms with E-state index >= 15 is 0 Å². The maximum absolute atomic E-state index is 12.6. The van der Waals surface area contributed by atoms with Gasteiger partial charge in [-0.15, -0.1) is 0 Å². The maximum Gasteiger partial charge on any atom is 0.311 e. The Balaban J connectivity index is 1.70. The molecule has 7 heteroatoms. The molecule has 1 aromatic carbocycles. The van der Waals surface area contributed by atoms with Crippen LogP contribution in [0.3, 0.4) is 0 Å². The Morgan fingerprint density at radius 3 is 2.34 bits per heavy atom. The number of aromatic nitrogens is 2. The number of aliphatic imine (C=N–C) groups is 1. The molecule has 2 heterocycles. The van der Waals surface area contributed by atoms with Gasteiger partial charge in [-0.05, 0) is 43.2 Å². The van der Waals surface area contributed by atoms with Crippen LogP contribution in [0.4, 0.5) is 0 Å². The molecular weight excluding hydrogens is 462 g/mol. The molecule has 1 aromatic heterocycles. The predicted octanol–water partition coefficient (Wildman–Crippen LogP) is 6.58. The zero-order chi connectivity index (χ0) is 25.2. The van der Waals surface area contributed by atoms with Crippen molar-refractivity contribution in [3.63, 3.8) is 0 Å². The fourth-order valence-electron chi connectivity index (χ4n) is 4.66. The van der Waals surface area contributed by atoms with Gasteiger partial charge in [-0.3, -0.25) is 14.5 Å². The number of hydrogen-bond donors (Lipinski definition) is 0. The van der Waals surface area contributed by atoms with E-state index in [1.807, 2.05) is 24.7 Å². The van der Waals surface area contributed by atoms with E-state index in [2.05, 4.69) is 55.1 Å². The summed E-state index contributed by atoms with van der Waals surface area (Å²) in [5.41, 5.74) is 4.59. The van der Waals surface area contributed by atoms with Gasteiger partial charge in [0.2, 0.25) is 6.79 Å². The summed E-state index contributed by atoms with van der Waals surface area (Å²) in [4.78, 5) is 17.1. The molecule has 0 amide bonds. The highest BCUT2D eigenvalue weighted by molar-refractivity contribution is 6.33. The first-order valence-electron chi connectivity index (χ1n) is 12.6. The highest BCUT2D eigenvalue weighted by Crippen LogP contribution is 2.38. The first-order valence-corrected chi connectivity index (χ1v) is 13.0. The fraction of sp³-hybridized carbons (Fsp3) is 0.536. The summed E-state index contributed by atoms with van der Waals surface area (Å²) in [7, 11) is 0. The summed E-state index contributed by atoms with van der Waals surface area (Å²) in [6.45, 7) is 10.9. The van der Waals surface area contributed by atoms with Crippen molar-refractivity contribution < 1.29 is 14.3 Å². The van der Waals surface area contributed by atoms with Crippen molar-refractivity contribution in [1.82, 2.24) is 9.78 Å². The Hall–Kier alpha value is -2.60. The number of rotatable bonds is 8. The molecule has 1 aliphatic heterocycles. The van der Waals surface area contributed by atoms with Crippen LogP contribution in [-0.4, -0.2) is 34.8 Å². The molecule has 2 aromatic rings. The van der Waals surface area contributed by atoms with Crippen molar-refractivity contribution in [3.8, 4) is 0 Å². The predicted molar refractivity (Wildman–Crippen MR) is 141 cm³/mol. The number of benzene rings is 1. The lowest BCUT2D eigenvalue weighted by atomic mass is 9.86. The molecule has 35 heavy (non-hydrogen) atoms. The topological polar surface area (TPSA) is 65.7 Å². The van der Waals surface area contributed by atoms with E-state index in [9.17, 15) is 4.79 Å². The fourth-order valence-corrected chi connectivity index (χ4v) is 4.88. The van der Waals surface area contributed by atoms with E-state index in [4.69, 9.17) is 21.1 Å². The molecule has 1 atom stereocenters. The van der Waals surface area contributed by atoms with Gasteiger partial charge in [-0.1, -0.05) is 75.9 Å². The van der Waals surface area contributed by atoms with Crippen molar-refractivity contribution in [3.05, 3.63) is 51.8 Å². The van der Waals surface area contributed by atoms with Crippen molar-refractivity contribution in [2.24, 2.45) is 10.9 Å². The van der Waals surface area contributed by atoms with Crippen molar-refractivity contribution >= 4 is 35.1 Å². The van der Waals surface area contributed by atoms with Gasteiger partial charge in [0.05, 0.1) is 16.6 Å². The number of carbonyl (C=O) groups excluding carboxylic acids is 1. The van der Waals surface area contributed by atoms with Gasteiger partial charge >= 0.3 is 5.97 Å². The minimum Gasteiger partial charge on any atom is -0.455 e. The van der Waals surface area contributed by atoms with Gasteiger partial charge in [0.15, 0.2) is 5.76 Å². The van der Waals surface area contributed by atoms with E-state index in [1.165, 1.54) is 12.0 Å². The molecule has 0 spiro atoms. The van der Waals surface area contributed by atoms with Crippen molar-refractivity contribution in [2.45, 2.75) is 84.7 Å². The van der Waals surface area contributed by atoms with Gasteiger partial charge in [0.25, 0.3) is 0 Å². The Morgan fingerprint density at radius 1 is 1.11 bits per heavy atom. The second-order valence-electron chi connectivity index (χ2n) is 10.4. The molecule has 0 radical (unpaired) electrons. The number of esters is 1. The van der Waals surface area contributed by atoms with Gasteiger partial charge in [0, 0.05) is 18.3 Å². The highest BCUT2D eigenvalue weighted by atomic mass is 35.5. The molecule has 1 unspecified atom stereocenters. The number of carbonyl (C=O) groups is 1. The monoisotopic (exact) mass is 497 g/mol. The number of aryl methyl sites for hydroxylation is 2. The Morgan fingerprint density at radius 2 is 1.77 bits per heavy atom. The molecule has 1 saturated carbocycles. The lowest BCUT2D eigenvalue weighted by Crippen LogP contribution is -2.21. The number of hydrogen-bond acceptors (Lipinski definition) is 5. The highest BCUT2D eigenvalue weighted by Gasteiger charge is 2.31. The molecule has 2 aliphatic rings. The van der Waals surface area contributed by atoms with Crippen LogP contribution < -0.4 is 0 Å². The van der Waals surface area contributed by atoms with Gasteiger partial charge < -0.3 is 9.47 Å². The van der Waals surface area contributed by atoms with Crippen LogP contribution in [0.15, 0.2) is 29.3 Å². The Bertz CT molecular complexity index is 1110. The van der Waals surface area contributed by atoms with Crippen LogP contribution in [0, 0.1) is 12.8 Å². The second kappa shape index (κ2) is 10.6. The quantitative estimate of drug-likeness (QED) is 0.234. The molecule has 4 rings (SSSR count). The van der Waals surface area contributed by atoms with Crippen LogP contribution in [0.25, 0.3) is 11.3 Å². The molecule has 0 N–H and O–H groups in total. The van der Waals surface area contributed by atoms with Crippen LogP contribution >= 0.6 is 11.6 Å². The zero-order valence-corrected chi connectivity index (χ0v) is 22.2. The van der Waals surface area contributed by atoms with Crippen LogP contribution in [0.1, 0.15) is 82.3 Å². The first kappa shape index (κ1) is 25.5. The number of ether oxygens (including phenoxy) is 2. The lowest BCUT2D eigenvalue weighted by Gasteiger charge is -2.22. The Kier molecular flexibility index (Phi) is 7.70. The molecule has 6 nitrogen and oxygen atoms in total. The van der Waals surface area contributed by atoms with Crippen LogP contribution in [0.2, 0.25) is 5.02 Å². The third-order valence-corrected chi connectivity index (χ3v) is 7.26.